The summed E-state index contributed by atoms with van der Waals surface area (Å²) in [6.07, 6.45) is 4.92. The lowest BCUT2D eigenvalue weighted by Crippen LogP contribution is -2.20. The summed E-state index contributed by atoms with van der Waals surface area (Å²) in [7, 11) is 1.66. The fourth-order valence-electron chi connectivity index (χ4n) is 2.42. The van der Waals surface area contributed by atoms with E-state index in [0.29, 0.717) is 0 Å². The Hall–Kier alpha value is -1.57. The second kappa shape index (κ2) is 4.52. The monoisotopic (exact) mass is 216 g/mol. The van der Waals surface area contributed by atoms with Crippen molar-refractivity contribution >= 4 is 6.29 Å². The van der Waals surface area contributed by atoms with Gasteiger partial charge in [-0.05, 0) is 42.0 Å². The minimum atomic E-state index is -0.0350. The molecule has 0 bridgehead atoms. The Morgan fingerprint density at radius 1 is 1.50 bits per heavy atom. The van der Waals surface area contributed by atoms with E-state index in [2.05, 4.69) is 6.58 Å². The molecule has 0 spiro atoms. The number of fused-ring (bicyclic) bond motifs is 1. The summed E-state index contributed by atoms with van der Waals surface area (Å²) >= 11 is 0. The average molecular weight is 216 g/mol. The molecule has 2 nitrogen and oxygen atoms in total. The van der Waals surface area contributed by atoms with Crippen molar-refractivity contribution in [1.29, 1.82) is 0 Å². The van der Waals surface area contributed by atoms with Gasteiger partial charge in [-0.1, -0.05) is 12.1 Å². The zero-order chi connectivity index (χ0) is 11.5. The number of carbonyl (C=O) groups excluding carboxylic acids is 1. The van der Waals surface area contributed by atoms with Crippen LogP contribution in [-0.2, 0) is 11.2 Å². The van der Waals surface area contributed by atoms with Gasteiger partial charge in [0.2, 0.25) is 0 Å². The Morgan fingerprint density at radius 3 is 2.94 bits per heavy atom. The first kappa shape index (κ1) is 10.9. The lowest BCUT2D eigenvalue weighted by Gasteiger charge is -2.28. The largest absolute Gasteiger partial charge is 0.497 e. The molecule has 1 aromatic carbocycles. The van der Waals surface area contributed by atoms with E-state index >= 15 is 0 Å². The van der Waals surface area contributed by atoms with Gasteiger partial charge < -0.3 is 9.53 Å². The maximum atomic E-state index is 11.2. The number of hydrogen-bond donors (Lipinski definition) is 0. The lowest BCUT2D eigenvalue weighted by molar-refractivity contribution is -0.109. The third-order valence-electron chi connectivity index (χ3n) is 3.37. The quantitative estimate of drug-likeness (QED) is 0.573. The molecule has 0 aromatic heterocycles. The molecule has 0 aliphatic heterocycles. The van der Waals surface area contributed by atoms with Crippen molar-refractivity contribution < 1.29 is 9.53 Å². The molecule has 0 unspecified atom stereocenters. The van der Waals surface area contributed by atoms with Crippen molar-refractivity contribution in [3.05, 3.63) is 42.0 Å². The first-order valence-electron chi connectivity index (χ1n) is 5.54. The minimum absolute atomic E-state index is 0.0350. The van der Waals surface area contributed by atoms with Crippen molar-refractivity contribution in [3.63, 3.8) is 0 Å². The first-order chi connectivity index (χ1) is 7.80. The SMILES string of the molecule is C=C[C@H]1CCc2cc(OC)ccc2[C@@H]1C=O. The van der Waals surface area contributed by atoms with E-state index in [1.807, 2.05) is 24.3 Å². The summed E-state index contributed by atoms with van der Waals surface area (Å²) in [4.78, 5) is 11.2. The van der Waals surface area contributed by atoms with Gasteiger partial charge in [0.25, 0.3) is 0 Å². The molecule has 0 amide bonds. The zero-order valence-electron chi connectivity index (χ0n) is 9.48. The van der Waals surface area contributed by atoms with Crippen LogP contribution in [0.2, 0.25) is 0 Å². The second-order valence-electron chi connectivity index (χ2n) is 4.16. The number of carbonyl (C=O) groups is 1. The molecule has 0 heterocycles. The maximum Gasteiger partial charge on any atom is 0.128 e. The van der Waals surface area contributed by atoms with Gasteiger partial charge >= 0.3 is 0 Å². The third-order valence-corrected chi connectivity index (χ3v) is 3.37. The van der Waals surface area contributed by atoms with Gasteiger partial charge in [-0.3, -0.25) is 0 Å². The minimum Gasteiger partial charge on any atom is -0.497 e. The Balaban J connectivity index is 2.42. The second-order valence-corrected chi connectivity index (χ2v) is 4.16. The highest BCUT2D eigenvalue weighted by Crippen LogP contribution is 2.36. The Labute approximate surface area is 95.9 Å². The summed E-state index contributed by atoms with van der Waals surface area (Å²) < 4.78 is 5.19. The summed E-state index contributed by atoms with van der Waals surface area (Å²) in [5, 5.41) is 0. The van der Waals surface area contributed by atoms with Gasteiger partial charge in [0.1, 0.15) is 12.0 Å². The lowest BCUT2D eigenvalue weighted by atomic mass is 9.76. The molecule has 16 heavy (non-hydrogen) atoms. The number of aldehydes is 1. The van der Waals surface area contributed by atoms with E-state index in [0.717, 1.165) is 30.4 Å². The van der Waals surface area contributed by atoms with E-state index in [4.69, 9.17) is 4.74 Å². The van der Waals surface area contributed by atoms with Crippen molar-refractivity contribution in [2.45, 2.75) is 18.8 Å². The molecule has 0 fully saturated rings. The predicted molar refractivity (Wildman–Crippen MR) is 63.8 cm³/mol. The van der Waals surface area contributed by atoms with Crippen molar-refractivity contribution in [1.82, 2.24) is 0 Å². The first-order valence-corrected chi connectivity index (χ1v) is 5.54. The molecule has 2 heteroatoms. The molecule has 1 aliphatic carbocycles. The zero-order valence-corrected chi connectivity index (χ0v) is 9.48. The van der Waals surface area contributed by atoms with E-state index < -0.39 is 0 Å². The molecular weight excluding hydrogens is 200 g/mol. The van der Waals surface area contributed by atoms with E-state index in [1.165, 1.54) is 5.56 Å². The van der Waals surface area contributed by atoms with Gasteiger partial charge in [0, 0.05) is 5.92 Å². The van der Waals surface area contributed by atoms with Crippen LogP contribution in [0.25, 0.3) is 0 Å². The Kier molecular flexibility index (Phi) is 3.09. The normalized spacial score (nSPS) is 23.3. The highest BCUT2D eigenvalue weighted by Gasteiger charge is 2.27. The van der Waals surface area contributed by atoms with Crippen LogP contribution < -0.4 is 4.74 Å². The highest BCUT2D eigenvalue weighted by molar-refractivity contribution is 5.65. The van der Waals surface area contributed by atoms with Crippen LogP contribution in [0, 0.1) is 5.92 Å². The van der Waals surface area contributed by atoms with Gasteiger partial charge in [-0.25, -0.2) is 0 Å². The average Bonchev–Trinajstić information content (AvgIpc) is 2.36. The summed E-state index contributed by atoms with van der Waals surface area (Å²) in [5.41, 5.74) is 2.36. The predicted octanol–water partition coefficient (Wildman–Crippen LogP) is 2.73. The number of aryl methyl sites for hydroxylation is 1. The molecule has 0 saturated heterocycles. The summed E-state index contributed by atoms with van der Waals surface area (Å²) in [6, 6.07) is 5.95. The summed E-state index contributed by atoms with van der Waals surface area (Å²) in [6.45, 7) is 3.81. The van der Waals surface area contributed by atoms with Crippen molar-refractivity contribution in [2.75, 3.05) is 7.11 Å². The van der Waals surface area contributed by atoms with Gasteiger partial charge in [-0.2, -0.15) is 0 Å². The fourth-order valence-corrected chi connectivity index (χ4v) is 2.42. The van der Waals surface area contributed by atoms with Crippen LogP contribution in [0.3, 0.4) is 0 Å². The standard InChI is InChI=1S/C14H16O2/c1-3-10-4-5-11-8-12(16-2)6-7-13(11)14(10)9-15/h3,6-10,14H,1,4-5H2,2H3/t10-,14+/m0/s1. The van der Waals surface area contributed by atoms with E-state index in [1.54, 1.807) is 7.11 Å². The Morgan fingerprint density at radius 2 is 2.31 bits per heavy atom. The van der Waals surface area contributed by atoms with Crippen molar-refractivity contribution in [2.24, 2.45) is 5.92 Å². The molecule has 2 rings (SSSR count). The van der Waals surface area contributed by atoms with Crippen LogP contribution in [0.4, 0.5) is 0 Å². The third kappa shape index (κ3) is 1.75. The molecular formula is C14H16O2. The molecule has 0 saturated carbocycles. The fraction of sp³-hybridized carbons (Fsp3) is 0.357. The van der Waals surface area contributed by atoms with Gasteiger partial charge in [0.15, 0.2) is 0 Å². The molecule has 0 radical (unpaired) electrons. The molecule has 1 aromatic rings. The molecule has 2 atom stereocenters. The van der Waals surface area contributed by atoms with Crippen molar-refractivity contribution in [3.8, 4) is 5.75 Å². The maximum absolute atomic E-state index is 11.2. The molecule has 1 aliphatic rings. The number of allylic oxidation sites excluding steroid dienone is 1. The highest BCUT2D eigenvalue weighted by atomic mass is 16.5. The smallest absolute Gasteiger partial charge is 0.128 e. The topological polar surface area (TPSA) is 26.3 Å². The number of rotatable bonds is 3. The number of methoxy groups -OCH3 is 1. The Bertz CT molecular complexity index is 409. The van der Waals surface area contributed by atoms with E-state index in [9.17, 15) is 4.79 Å². The number of ether oxygens (including phenoxy) is 1. The number of hydrogen-bond acceptors (Lipinski definition) is 2. The number of benzene rings is 1. The van der Waals surface area contributed by atoms with Crippen LogP contribution in [0.15, 0.2) is 30.9 Å². The van der Waals surface area contributed by atoms with Crippen LogP contribution in [0.5, 0.6) is 5.75 Å². The summed E-state index contributed by atoms with van der Waals surface area (Å²) in [5.74, 6) is 1.10. The molecule has 84 valence electrons. The van der Waals surface area contributed by atoms with Crippen LogP contribution >= 0.6 is 0 Å². The van der Waals surface area contributed by atoms with Gasteiger partial charge in [-0.15, -0.1) is 6.58 Å². The van der Waals surface area contributed by atoms with Crippen LogP contribution in [0.1, 0.15) is 23.5 Å². The molecule has 0 N–H and O–H groups in total. The van der Waals surface area contributed by atoms with Crippen LogP contribution in [-0.4, -0.2) is 13.4 Å². The van der Waals surface area contributed by atoms with E-state index in [-0.39, 0.29) is 11.8 Å². The van der Waals surface area contributed by atoms with Gasteiger partial charge in [0.05, 0.1) is 7.11 Å².